The maximum Gasteiger partial charge on any atom is 0.0476 e. The Hall–Kier alpha value is -1.28. The van der Waals surface area contributed by atoms with Crippen LogP contribution >= 0.6 is 0 Å². The number of aromatic amines is 1. The third-order valence-corrected chi connectivity index (χ3v) is 4.28. The van der Waals surface area contributed by atoms with Crippen molar-refractivity contribution in [3.63, 3.8) is 0 Å². The molecule has 0 spiro atoms. The van der Waals surface area contributed by atoms with Crippen LogP contribution in [0, 0.1) is 6.92 Å². The van der Waals surface area contributed by atoms with Gasteiger partial charge < -0.3 is 10.3 Å². The first-order valence-corrected chi connectivity index (χ1v) is 7.64. The molecule has 1 atom stereocenters. The summed E-state index contributed by atoms with van der Waals surface area (Å²) in [4.78, 5) is 3.66. The largest absolute Gasteiger partial charge is 0.357 e. The van der Waals surface area contributed by atoms with E-state index in [0.29, 0.717) is 6.04 Å². The summed E-state index contributed by atoms with van der Waals surface area (Å²) in [6.45, 7) is 5.56. The minimum absolute atomic E-state index is 0.531. The lowest BCUT2D eigenvalue weighted by Crippen LogP contribution is -2.26. The summed E-state index contributed by atoms with van der Waals surface area (Å²) in [6, 6.07) is 7.29. The zero-order valence-corrected chi connectivity index (χ0v) is 12.1. The maximum atomic E-state index is 3.72. The molecule has 0 aliphatic heterocycles. The fourth-order valence-electron chi connectivity index (χ4n) is 3.23. The van der Waals surface area contributed by atoms with Crippen LogP contribution in [0.2, 0.25) is 0 Å². The molecule has 1 unspecified atom stereocenters. The minimum atomic E-state index is 0.531. The number of nitrogens with one attached hydrogen (secondary N) is 2. The van der Waals surface area contributed by atoms with Crippen LogP contribution < -0.4 is 5.32 Å². The van der Waals surface area contributed by atoms with Gasteiger partial charge in [0.05, 0.1) is 0 Å². The van der Waals surface area contributed by atoms with Gasteiger partial charge in [0.2, 0.25) is 0 Å². The molecule has 19 heavy (non-hydrogen) atoms. The fourth-order valence-corrected chi connectivity index (χ4v) is 3.23. The van der Waals surface area contributed by atoms with Crippen molar-refractivity contribution in [2.75, 3.05) is 6.54 Å². The van der Waals surface area contributed by atoms with Gasteiger partial charge in [-0.05, 0) is 56.8 Å². The van der Waals surface area contributed by atoms with Crippen molar-refractivity contribution in [1.82, 2.24) is 10.3 Å². The average Bonchev–Trinajstić information content (AvgIpc) is 2.78. The summed E-state index contributed by atoms with van der Waals surface area (Å²) in [5.41, 5.74) is 5.66. The molecule has 1 heterocycles. The molecule has 2 N–H and O–H groups in total. The van der Waals surface area contributed by atoms with Gasteiger partial charge in [0.25, 0.3) is 0 Å². The first kappa shape index (κ1) is 12.7. The maximum absolute atomic E-state index is 3.72. The Labute approximate surface area is 115 Å². The van der Waals surface area contributed by atoms with Crippen molar-refractivity contribution in [1.29, 1.82) is 0 Å². The molecule has 2 heteroatoms. The van der Waals surface area contributed by atoms with Crippen LogP contribution in [0.1, 0.15) is 55.5 Å². The van der Waals surface area contributed by atoms with Crippen molar-refractivity contribution >= 4 is 10.9 Å². The predicted molar refractivity (Wildman–Crippen MR) is 81.6 cm³/mol. The topological polar surface area (TPSA) is 27.8 Å². The Balaban J connectivity index is 1.93. The molecule has 0 fully saturated rings. The Morgan fingerprint density at radius 3 is 3.11 bits per heavy atom. The van der Waals surface area contributed by atoms with Crippen molar-refractivity contribution in [2.24, 2.45) is 0 Å². The van der Waals surface area contributed by atoms with Crippen LogP contribution in [0.25, 0.3) is 10.9 Å². The van der Waals surface area contributed by atoms with E-state index < -0.39 is 0 Å². The highest BCUT2D eigenvalue weighted by Gasteiger charge is 2.23. The lowest BCUT2D eigenvalue weighted by Gasteiger charge is -2.23. The second kappa shape index (κ2) is 5.38. The molecular formula is C17H24N2. The molecule has 2 nitrogen and oxygen atoms in total. The first-order valence-electron chi connectivity index (χ1n) is 7.64. The summed E-state index contributed by atoms with van der Waals surface area (Å²) in [7, 11) is 0. The van der Waals surface area contributed by atoms with E-state index >= 15 is 0 Å². The zero-order valence-electron chi connectivity index (χ0n) is 12.1. The van der Waals surface area contributed by atoms with Gasteiger partial charge in [0.15, 0.2) is 0 Å². The summed E-state index contributed by atoms with van der Waals surface area (Å²) in [5, 5.41) is 5.16. The monoisotopic (exact) mass is 256 g/mol. The van der Waals surface area contributed by atoms with Crippen molar-refractivity contribution in [3.8, 4) is 0 Å². The number of hydrogen-bond acceptors (Lipinski definition) is 1. The van der Waals surface area contributed by atoms with Crippen molar-refractivity contribution in [2.45, 2.75) is 52.0 Å². The molecule has 102 valence electrons. The smallest absolute Gasteiger partial charge is 0.0476 e. The minimum Gasteiger partial charge on any atom is -0.357 e. The van der Waals surface area contributed by atoms with E-state index in [1.54, 1.807) is 5.56 Å². The van der Waals surface area contributed by atoms with Crippen molar-refractivity contribution in [3.05, 3.63) is 35.0 Å². The van der Waals surface area contributed by atoms with Crippen LogP contribution in [-0.4, -0.2) is 11.5 Å². The molecule has 0 saturated carbocycles. The summed E-state index contributed by atoms with van der Waals surface area (Å²) in [6.07, 6.45) is 6.33. The Bertz CT molecular complexity index is 568. The van der Waals surface area contributed by atoms with Crippen LogP contribution in [0.5, 0.6) is 0 Å². The molecule has 1 aliphatic rings. The highest BCUT2D eigenvalue weighted by atomic mass is 14.9. The third kappa shape index (κ3) is 2.42. The fraction of sp³-hybridized carbons (Fsp3) is 0.529. The second-order valence-corrected chi connectivity index (χ2v) is 5.82. The van der Waals surface area contributed by atoms with Gasteiger partial charge in [-0.1, -0.05) is 25.0 Å². The van der Waals surface area contributed by atoms with E-state index in [2.05, 4.69) is 42.3 Å². The molecule has 0 bridgehead atoms. The van der Waals surface area contributed by atoms with Gasteiger partial charge >= 0.3 is 0 Å². The van der Waals surface area contributed by atoms with E-state index in [4.69, 9.17) is 0 Å². The normalized spacial score (nSPS) is 18.7. The van der Waals surface area contributed by atoms with Gasteiger partial charge in [-0.15, -0.1) is 0 Å². The number of aryl methyl sites for hydroxylation is 2. The Morgan fingerprint density at radius 2 is 2.26 bits per heavy atom. The lowest BCUT2D eigenvalue weighted by atomic mass is 9.91. The van der Waals surface area contributed by atoms with E-state index in [1.165, 1.54) is 54.3 Å². The van der Waals surface area contributed by atoms with Crippen LogP contribution in [0.15, 0.2) is 18.2 Å². The lowest BCUT2D eigenvalue weighted by molar-refractivity contribution is 0.448. The summed E-state index contributed by atoms with van der Waals surface area (Å²) in [5.74, 6) is 0. The molecule has 1 aromatic carbocycles. The molecule has 0 saturated heterocycles. The van der Waals surface area contributed by atoms with Gasteiger partial charge in [-0.3, -0.25) is 0 Å². The van der Waals surface area contributed by atoms with E-state index in [1.807, 2.05) is 0 Å². The highest BCUT2D eigenvalue weighted by Crippen LogP contribution is 2.35. The Morgan fingerprint density at radius 1 is 1.37 bits per heavy atom. The first-order chi connectivity index (χ1) is 9.29. The third-order valence-electron chi connectivity index (χ3n) is 4.28. The highest BCUT2D eigenvalue weighted by molar-refractivity contribution is 5.85. The molecular weight excluding hydrogens is 232 g/mol. The second-order valence-electron chi connectivity index (χ2n) is 5.82. The van der Waals surface area contributed by atoms with E-state index in [9.17, 15) is 0 Å². The zero-order chi connectivity index (χ0) is 13.2. The van der Waals surface area contributed by atoms with Crippen molar-refractivity contribution < 1.29 is 0 Å². The van der Waals surface area contributed by atoms with Gasteiger partial charge in [-0.2, -0.15) is 0 Å². The van der Waals surface area contributed by atoms with Gasteiger partial charge in [0, 0.05) is 22.6 Å². The molecule has 0 radical (unpaired) electrons. The standard InChI is InChI=1S/C17H24N2/c1-3-4-10-18-16-7-5-6-13-14-11-12(2)8-9-15(14)19-17(13)16/h8-9,11,16,18-19H,3-7,10H2,1-2H3. The van der Waals surface area contributed by atoms with E-state index in [-0.39, 0.29) is 0 Å². The summed E-state index contributed by atoms with van der Waals surface area (Å²) >= 11 is 0. The quantitative estimate of drug-likeness (QED) is 0.787. The molecule has 2 aromatic rings. The number of unbranched alkanes of at least 4 members (excludes halogenated alkanes) is 1. The van der Waals surface area contributed by atoms with E-state index in [0.717, 1.165) is 6.54 Å². The van der Waals surface area contributed by atoms with Crippen LogP contribution in [0.3, 0.4) is 0 Å². The summed E-state index contributed by atoms with van der Waals surface area (Å²) < 4.78 is 0. The van der Waals surface area contributed by atoms with Gasteiger partial charge in [-0.25, -0.2) is 0 Å². The number of H-pyrrole nitrogens is 1. The number of aromatic nitrogens is 1. The van der Waals surface area contributed by atoms with Gasteiger partial charge in [0.1, 0.15) is 0 Å². The molecule has 1 aliphatic carbocycles. The van der Waals surface area contributed by atoms with Crippen LogP contribution in [0.4, 0.5) is 0 Å². The number of benzene rings is 1. The average molecular weight is 256 g/mol. The SMILES string of the molecule is CCCCNC1CCCc2c1[nH]c1ccc(C)cc21. The number of fused-ring (bicyclic) bond motifs is 3. The molecule has 3 rings (SSSR count). The molecule has 0 amide bonds. The number of hydrogen-bond donors (Lipinski definition) is 2. The van der Waals surface area contributed by atoms with Crippen LogP contribution in [-0.2, 0) is 6.42 Å². The predicted octanol–water partition coefficient (Wildman–Crippen LogP) is 4.24. The Kier molecular flexibility index (Phi) is 3.61. The number of rotatable bonds is 4. The molecule has 1 aromatic heterocycles.